The van der Waals surface area contributed by atoms with Crippen LogP contribution in [0.5, 0.6) is 0 Å². The second-order valence-electron chi connectivity index (χ2n) is 5.47. The average Bonchev–Trinajstić information content (AvgIpc) is 2.64. The van der Waals surface area contributed by atoms with E-state index in [1.54, 1.807) is 0 Å². The van der Waals surface area contributed by atoms with Gasteiger partial charge in [0.25, 0.3) is 0 Å². The van der Waals surface area contributed by atoms with Crippen LogP contribution in [0, 0.1) is 5.92 Å². The lowest BCUT2D eigenvalue weighted by molar-refractivity contribution is -0.138. The van der Waals surface area contributed by atoms with Gasteiger partial charge < -0.3 is 10.2 Å². The number of rotatable bonds is 2. The van der Waals surface area contributed by atoms with Crippen LogP contribution in [-0.2, 0) is 4.79 Å². The molecule has 2 saturated heterocycles. The zero-order valence-corrected chi connectivity index (χ0v) is 11.1. The van der Waals surface area contributed by atoms with E-state index in [1.165, 1.54) is 25.7 Å². The van der Waals surface area contributed by atoms with Gasteiger partial charge >= 0.3 is 0 Å². The summed E-state index contributed by atoms with van der Waals surface area (Å²) in [6.45, 7) is 5.25. The lowest BCUT2D eigenvalue weighted by Gasteiger charge is -2.34. The van der Waals surface area contributed by atoms with Crippen molar-refractivity contribution in [3.8, 4) is 0 Å². The van der Waals surface area contributed by atoms with Crippen molar-refractivity contribution in [3.63, 3.8) is 0 Å². The fourth-order valence-corrected chi connectivity index (χ4v) is 3.20. The Labute approximate surface area is 105 Å². The summed E-state index contributed by atoms with van der Waals surface area (Å²) in [5.74, 6) is 0.739. The van der Waals surface area contributed by atoms with Crippen molar-refractivity contribution >= 4 is 5.91 Å². The van der Waals surface area contributed by atoms with Crippen molar-refractivity contribution in [1.82, 2.24) is 10.2 Å². The summed E-state index contributed by atoms with van der Waals surface area (Å²) in [5, 5.41) is 3.34. The van der Waals surface area contributed by atoms with Gasteiger partial charge in [-0.15, -0.1) is 0 Å². The topological polar surface area (TPSA) is 32.3 Å². The molecular formula is C14H26N2O. The minimum atomic E-state index is 0.295. The van der Waals surface area contributed by atoms with Crippen molar-refractivity contribution in [3.05, 3.63) is 0 Å². The van der Waals surface area contributed by atoms with Gasteiger partial charge in [-0.25, -0.2) is 0 Å². The molecule has 0 aromatic rings. The van der Waals surface area contributed by atoms with Crippen LogP contribution < -0.4 is 5.32 Å². The third-order valence-electron chi connectivity index (χ3n) is 4.32. The molecule has 0 spiro atoms. The van der Waals surface area contributed by atoms with Gasteiger partial charge in [-0.1, -0.05) is 19.8 Å². The Morgan fingerprint density at radius 2 is 1.94 bits per heavy atom. The van der Waals surface area contributed by atoms with Crippen LogP contribution in [0.15, 0.2) is 0 Å². The minimum absolute atomic E-state index is 0.295. The quantitative estimate of drug-likeness (QED) is 0.799. The highest BCUT2D eigenvalue weighted by molar-refractivity contribution is 5.79. The third kappa shape index (κ3) is 3.21. The maximum atomic E-state index is 12.6. The van der Waals surface area contributed by atoms with Gasteiger partial charge in [-0.2, -0.15) is 0 Å². The molecule has 2 aliphatic rings. The summed E-state index contributed by atoms with van der Waals surface area (Å²) in [5.41, 5.74) is 0. The van der Waals surface area contributed by atoms with Crippen LogP contribution in [-0.4, -0.2) is 36.5 Å². The lowest BCUT2D eigenvalue weighted by Crippen LogP contribution is -2.45. The first-order valence-corrected chi connectivity index (χ1v) is 7.34. The van der Waals surface area contributed by atoms with Crippen LogP contribution in [0.1, 0.15) is 51.9 Å². The fraction of sp³-hybridized carbons (Fsp3) is 0.929. The number of nitrogens with one attached hydrogen (secondary N) is 1. The SMILES string of the molecule is CCC1CCCCCN1C(=O)C1CCNCC1. The van der Waals surface area contributed by atoms with E-state index in [-0.39, 0.29) is 0 Å². The largest absolute Gasteiger partial charge is 0.339 e. The van der Waals surface area contributed by atoms with Gasteiger partial charge in [0.15, 0.2) is 0 Å². The Kier molecular flexibility index (Phi) is 4.84. The Balaban J connectivity index is 1.98. The smallest absolute Gasteiger partial charge is 0.226 e. The number of carbonyl (C=O) groups excluding carboxylic acids is 1. The summed E-state index contributed by atoms with van der Waals surface area (Å²) < 4.78 is 0. The normalized spacial score (nSPS) is 27.8. The molecule has 2 rings (SSSR count). The van der Waals surface area contributed by atoms with Gasteiger partial charge in [0.2, 0.25) is 5.91 Å². The molecular weight excluding hydrogens is 212 g/mol. The van der Waals surface area contributed by atoms with Crippen molar-refractivity contribution in [2.45, 2.75) is 57.9 Å². The first-order valence-electron chi connectivity index (χ1n) is 7.34. The number of amides is 1. The highest BCUT2D eigenvalue weighted by Gasteiger charge is 2.30. The molecule has 2 fully saturated rings. The number of hydrogen-bond donors (Lipinski definition) is 1. The number of piperidine rings is 1. The summed E-state index contributed by atoms with van der Waals surface area (Å²) >= 11 is 0. The molecule has 0 aromatic heterocycles. The fourth-order valence-electron chi connectivity index (χ4n) is 3.20. The summed E-state index contributed by atoms with van der Waals surface area (Å²) in [4.78, 5) is 14.8. The summed E-state index contributed by atoms with van der Waals surface area (Å²) in [6.07, 6.45) is 8.20. The Bertz CT molecular complexity index is 249. The summed E-state index contributed by atoms with van der Waals surface area (Å²) in [7, 11) is 0. The van der Waals surface area contributed by atoms with E-state index in [1.807, 2.05) is 0 Å². The standard InChI is InChI=1S/C14H26N2O/c1-2-13-6-4-3-5-11-16(13)14(17)12-7-9-15-10-8-12/h12-13,15H,2-11H2,1H3. The monoisotopic (exact) mass is 238 g/mol. The molecule has 2 aliphatic heterocycles. The molecule has 98 valence electrons. The van der Waals surface area contributed by atoms with E-state index in [0.717, 1.165) is 38.9 Å². The molecule has 0 aromatic carbocycles. The Morgan fingerprint density at radius 3 is 2.65 bits per heavy atom. The van der Waals surface area contributed by atoms with Gasteiger partial charge in [0.05, 0.1) is 0 Å². The van der Waals surface area contributed by atoms with Gasteiger partial charge in [-0.3, -0.25) is 4.79 Å². The molecule has 1 amide bonds. The first-order chi connectivity index (χ1) is 8.33. The van der Waals surface area contributed by atoms with E-state index in [2.05, 4.69) is 17.1 Å². The molecule has 1 N–H and O–H groups in total. The van der Waals surface area contributed by atoms with Crippen molar-refractivity contribution in [2.75, 3.05) is 19.6 Å². The molecule has 2 heterocycles. The Morgan fingerprint density at radius 1 is 1.18 bits per heavy atom. The van der Waals surface area contributed by atoms with E-state index < -0.39 is 0 Å². The maximum Gasteiger partial charge on any atom is 0.226 e. The highest BCUT2D eigenvalue weighted by atomic mass is 16.2. The lowest BCUT2D eigenvalue weighted by atomic mass is 9.95. The van der Waals surface area contributed by atoms with E-state index in [9.17, 15) is 4.79 Å². The Hall–Kier alpha value is -0.570. The van der Waals surface area contributed by atoms with E-state index in [4.69, 9.17) is 0 Å². The van der Waals surface area contributed by atoms with Crippen LogP contribution in [0.3, 0.4) is 0 Å². The summed E-state index contributed by atoms with van der Waals surface area (Å²) in [6, 6.07) is 0.514. The zero-order valence-electron chi connectivity index (χ0n) is 11.1. The van der Waals surface area contributed by atoms with Crippen molar-refractivity contribution in [1.29, 1.82) is 0 Å². The number of carbonyl (C=O) groups is 1. The minimum Gasteiger partial charge on any atom is -0.339 e. The predicted molar refractivity (Wildman–Crippen MR) is 69.9 cm³/mol. The van der Waals surface area contributed by atoms with Gasteiger partial charge in [0, 0.05) is 18.5 Å². The number of hydrogen-bond acceptors (Lipinski definition) is 2. The zero-order chi connectivity index (χ0) is 12.1. The molecule has 0 bridgehead atoms. The second kappa shape index (κ2) is 6.39. The molecule has 3 heteroatoms. The van der Waals surface area contributed by atoms with Crippen molar-refractivity contribution < 1.29 is 4.79 Å². The van der Waals surface area contributed by atoms with Crippen molar-refractivity contribution in [2.24, 2.45) is 5.92 Å². The maximum absolute atomic E-state index is 12.6. The molecule has 17 heavy (non-hydrogen) atoms. The van der Waals surface area contributed by atoms with Crippen LogP contribution in [0.2, 0.25) is 0 Å². The van der Waals surface area contributed by atoms with Gasteiger partial charge in [0.1, 0.15) is 0 Å². The molecule has 3 nitrogen and oxygen atoms in total. The molecule has 1 unspecified atom stereocenters. The van der Waals surface area contributed by atoms with Crippen LogP contribution in [0.4, 0.5) is 0 Å². The molecule has 0 saturated carbocycles. The number of nitrogens with zero attached hydrogens (tertiary/aromatic N) is 1. The second-order valence-corrected chi connectivity index (χ2v) is 5.47. The number of likely N-dealkylation sites (tertiary alicyclic amines) is 1. The highest BCUT2D eigenvalue weighted by Crippen LogP contribution is 2.23. The third-order valence-corrected chi connectivity index (χ3v) is 4.32. The molecule has 0 radical (unpaired) electrons. The van der Waals surface area contributed by atoms with E-state index in [0.29, 0.717) is 17.9 Å². The van der Waals surface area contributed by atoms with Gasteiger partial charge in [-0.05, 0) is 45.2 Å². The first kappa shape index (κ1) is 12.9. The van der Waals surface area contributed by atoms with E-state index >= 15 is 0 Å². The molecule has 0 aliphatic carbocycles. The van der Waals surface area contributed by atoms with Crippen LogP contribution >= 0.6 is 0 Å². The molecule has 1 atom stereocenters. The van der Waals surface area contributed by atoms with Crippen LogP contribution in [0.25, 0.3) is 0 Å². The predicted octanol–water partition coefficient (Wildman–Crippen LogP) is 2.17. The average molecular weight is 238 g/mol.